The largest absolute Gasteiger partial charge is 0.419 e. The number of alkyl halides is 3. The van der Waals surface area contributed by atoms with Gasteiger partial charge in [-0.2, -0.15) is 13.2 Å². The van der Waals surface area contributed by atoms with E-state index in [-0.39, 0.29) is 11.3 Å². The molecule has 0 saturated carbocycles. The van der Waals surface area contributed by atoms with Crippen molar-refractivity contribution in [3.63, 3.8) is 0 Å². The van der Waals surface area contributed by atoms with Gasteiger partial charge in [-0.1, -0.05) is 5.92 Å². The number of nitrogen functional groups attached to an aromatic ring is 1. The van der Waals surface area contributed by atoms with Crippen LogP contribution in [0.3, 0.4) is 0 Å². The van der Waals surface area contributed by atoms with Gasteiger partial charge >= 0.3 is 6.18 Å². The van der Waals surface area contributed by atoms with Gasteiger partial charge in [0.05, 0.1) is 11.3 Å². The van der Waals surface area contributed by atoms with Crippen molar-refractivity contribution in [3.8, 4) is 12.3 Å². The van der Waals surface area contributed by atoms with E-state index in [9.17, 15) is 17.6 Å². The Morgan fingerprint density at radius 1 is 1.29 bits per heavy atom. The van der Waals surface area contributed by atoms with Crippen LogP contribution in [0.15, 0.2) is 12.1 Å². The molecule has 0 unspecified atom stereocenters. The lowest BCUT2D eigenvalue weighted by molar-refractivity contribution is -0.139. The molecule has 0 amide bonds. The van der Waals surface area contributed by atoms with Gasteiger partial charge in [0.15, 0.2) is 0 Å². The van der Waals surface area contributed by atoms with Crippen LogP contribution in [0.2, 0.25) is 0 Å². The number of nitrogens with two attached hydrogens (primary N) is 1. The molecule has 1 nitrogen and oxygen atoms in total. The van der Waals surface area contributed by atoms with E-state index in [1.807, 2.05) is 5.92 Å². The van der Waals surface area contributed by atoms with Gasteiger partial charge in [0, 0.05) is 5.56 Å². The van der Waals surface area contributed by atoms with Crippen molar-refractivity contribution >= 4 is 5.69 Å². The highest BCUT2D eigenvalue weighted by Gasteiger charge is 2.34. The van der Waals surface area contributed by atoms with E-state index < -0.39 is 17.6 Å². The monoisotopic (exact) mass is 203 g/mol. The Hall–Kier alpha value is -1.70. The number of hydrogen-bond donors (Lipinski definition) is 1. The molecule has 74 valence electrons. The van der Waals surface area contributed by atoms with Crippen LogP contribution in [0.25, 0.3) is 0 Å². The summed E-state index contributed by atoms with van der Waals surface area (Å²) in [5, 5.41) is 0. The molecule has 0 heterocycles. The summed E-state index contributed by atoms with van der Waals surface area (Å²) in [6, 6.07) is 1.09. The van der Waals surface area contributed by atoms with Crippen LogP contribution in [-0.2, 0) is 6.18 Å². The summed E-state index contributed by atoms with van der Waals surface area (Å²) in [6.45, 7) is 0. The highest BCUT2D eigenvalue weighted by Crippen LogP contribution is 2.33. The van der Waals surface area contributed by atoms with Gasteiger partial charge in [-0.3, -0.25) is 0 Å². The van der Waals surface area contributed by atoms with Gasteiger partial charge in [0.25, 0.3) is 0 Å². The van der Waals surface area contributed by atoms with Crippen LogP contribution < -0.4 is 5.73 Å². The molecule has 14 heavy (non-hydrogen) atoms. The zero-order chi connectivity index (χ0) is 10.9. The fraction of sp³-hybridized carbons (Fsp3) is 0.111. The lowest BCUT2D eigenvalue weighted by Gasteiger charge is -2.09. The minimum absolute atomic E-state index is 0.168. The Bertz CT molecular complexity index is 400. The maximum Gasteiger partial charge on any atom is 0.419 e. The second kappa shape index (κ2) is 3.22. The Balaban J connectivity index is 3.41. The van der Waals surface area contributed by atoms with Crippen LogP contribution in [-0.4, -0.2) is 0 Å². The Kier molecular flexibility index (Phi) is 2.39. The molecular formula is C9H5F4N. The van der Waals surface area contributed by atoms with E-state index in [0.717, 1.165) is 0 Å². The summed E-state index contributed by atoms with van der Waals surface area (Å²) in [4.78, 5) is 0. The number of halogens is 4. The molecule has 0 aliphatic carbocycles. The van der Waals surface area contributed by atoms with Crippen LogP contribution in [0, 0.1) is 18.2 Å². The van der Waals surface area contributed by atoms with Gasteiger partial charge in [0.2, 0.25) is 0 Å². The topological polar surface area (TPSA) is 26.0 Å². The van der Waals surface area contributed by atoms with Crippen molar-refractivity contribution in [1.29, 1.82) is 0 Å². The molecule has 0 bridgehead atoms. The zero-order valence-electron chi connectivity index (χ0n) is 6.82. The van der Waals surface area contributed by atoms with Gasteiger partial charge < -0.3 is 5.73 Å². The molecule has 0 aromatic heterocycles. The van der Waals surface area contributed by atoms with E-state index in [1.165, 1.54) is 0 Å². The first-order valence-electron chi connectivity index (χ1n) is 3.49. The fourth-order valence-corrected chi connectivity index (χ4v) is 0.931. The molecule has 2 N–H and O–H groups in total. The molecular weight excluding hydrogens is 198 g/mol. The van der Waals surface area contributed by atoms with Crippen molar-refractivity contribution in [2.45, 2.75) is 6.18 Å². The van der Waals surface area contributed by atoms with E-state index in [4.69, 9.17) is 12.2 Å². The summed E-state index contributed by atoms with van der Waals surface area (Å²) in [6.07, 6.45) is 0.133. The Labute approximate surface area is 77.5 Å². The second-order valence-electron chi connectivity index (χ2n) is 2.56. The van der Waals surface area contributed by atoms with Crippen LogP contribution in [0.1, 0.15) is 11.1 Å². The zero-order valence-corrected chi connectivity index (χ0v) is 6.82. The third-order valence-corrected chi connectivity index (χ3v) is 1.60. The highest BCUT2D eigenvalue weighted by molar-refractivity contribution is 5.57. The predicted molar refractivity (Wildman–Crippen MR) is 43.7 cm³/mol. The summed E-state index contributed by atoms with van der Waals surface area (Å²) < 4.78 is 49.2. The van der Waals surface area contributed by atoms with Crippen molar-refractivity contribution in [3.05, 3.63) is 29.1 Å². The number of terminal acetylenes is 1. The minimum atomic E-state index is -4.76. The summed E-state index contributed by atoms with van der Waals surface area (Å²) in [7, 11) is 0. The predicted octanol–water partition coefficient (Wildman–Crippen LogP) is 2.41. The van der Waals surface area contributed by atoms with Gasteiger partial charge in [-0.05, 0) is 12.1 Å². The lowest BCUT2D eigenvalue weighted by atomic mass is 10.1. The maximum absolute atomic E-state index is 12.8. The molecule has 1 aromatic rings. The molecule has 1 aromatic carbocycles. The van der Waals surface area contributed by atoms with Gasteiger partial charge in [-0.25, -0.2) is 4.39 Å². The highest BCUT2D eigenvalue weighted by atomic mass is 19.4. The molecule has 0 radical (unpaired) electrons. The number of hydrogen-bond acceptors (Lipinski definition) is 1. The summed E-state index contributed by atoms with van der Waals surface area (Å²) >= 11 is 0. The quantitative estimate of drug-likeness (QED) is 0.391. The van der Waals surface area contributed by atoms with Crippen molar-refractivity contribution < 1.29 is 17.6 Å². The molecule has 0 atom stereocenters. The molecule has 0 aliphatic rings. The first-order chi connectivity index (χ1) is 6.36. The molecule has 5 heteroatoms. The summed E-state index contributed by atoms with van der Waals surface area (Å²) in [5.41, 5.74) is 3.44. The Morgan fingerprint density at radius 2 is 1.86 bits per heavy atom. The molecule has 0 aliphatic heterocycles. The second-order valence-corrected chi connectivity index (χ2v) is 2.56. The molecule has 1 rings (SSSR count). The van der Waals surface area contributed by atoms with E-state index >= 15 is 0 Å². The van der Waals surface area contributed by atoms with E-state index in [2.05, 4.69) is 0 Å². The van der Waals surface area contributed by atoms with E-state index in [0.29, 0.717) is 12.1 Å². The molecule has 0 fully saturated rings. The first-order valence-corrected chi connectivity index (χ1v) is 3.49. The van der Waals surface area contributed by atoms with Crippen molar-refractivity contribution in [1.82, 2.24) is 0 Å². The van der Waals surface area contributed by atoms with Crippen LogP contribution >= 0.6 is 0 Å². The summed E-state index contributed by atoms with van der Waals surface area (Å²) in [5.74, 6) is 0.521. The van der Waals surface area contributed by atoms with Crippen LogP contribution in [0.4, 0.5) is 23.2 Å². The lowest BCUT2D eigenvalue weighted by Crippen LogP contribution is -2.09. The third kappa shape index (κ3) is 1.79. The molecule has 0 spiro atoms. The Morgan fingerprint density at radius 3 is 2.29 bits per heavy atom. The SMILES string of the molecule is C#Cc1cc(C(F)(F)F)c(F)cc1N. The minimum Gasteiger partial charge on any atom is -0.398 e. The first kappa shape index (κ1) is 10.4. The number of anilines is 1. The fourth-order valence-electron chi connectivity index (χ4n) is 0.931. The third-order valence-electron chi connectivity index (χ3n) is 1.60. The van der Waals surface area contributed by atoms with Gasteiger partial charge in [0.1, 0.15) is 5.82 Å². The normalized spacial score (nSPS) is 11.1. The number of benzene rings is 1. The molecule has 0 saturated heterocycles. The van der Waals surface area contributed by atoms with Crippen molar-refractivity contribution in [2.24, 2.45) is 0 Å². The van der Waals surface area contributed by atoms with Gasteiger partial charge in [-0.15, -0.1) is 6.42 Å². The smallest absolute Gasteiger partial charge is 0.398 e. The number of rotatable bonds is 0. The average molecular weight is 203 g/mol. The average Bonchev–Trinajstić information content (AvgIpc) is 2.02. The van der Waals surface area contributed by atoms with Crippen LogP contribution in [0.5, 0.6) is 0 Å². The maximum atomic E-state index is 12.8. The van der Waals surface area contributed by atoms with Crippen molar-refractivity contribution in [2.75, 3.05) is 5.73 Å². The van der Waals surface area contributed by atoms with E-state index in [1.54, 1.807) is 0 Å². The standard InChI is InChI=1S/C9H5F4N/c1-2-5-3-6(9(11,12)13)7(10)4-8(5)14/h1,3-4H,14H2.